The second-order valence-corrected chi connectivity index (χ2v) is 7.11. The Morgan fingerprint density at radius 2 is 1.97 bits per heavy atom. The smallest absolute Gasteiger partial charge is 0.324 e. The molecule has 1 aromatic carbocycles. The molecule has 0 aliphatic carbocycles. The normalized spacial score (nSPS) is 19.2. The highest BCUT2D eigenvalue weighted by Crippen LogP contribution is 2.30. The number of imide groups is 1. The molecule has 2 aliphatic rings. The highest BCUT2D eigenvalue weighted by Gasteiger charge is 2.28. The van der Waals surface area contributed by atoms with E-state index < -0.39 is 0 Å². The van der Waals surface area contributed by atoms with Gasteiger partial charge in [-0.3, -0.25) is 14.7 Å². The number of rotatable bonds is 8. The van der Waals surface area contributed by atoms with Crippen LogP contribution < -0.4 is 30.3 Å². The van der Waals surface area contributed by atoms with Crippen molar-refractivity contribution in [1.29, 1.82) is 0 Å². The summed E-state index contributed by atoms with van der Waals surface area (Å²) in [6, 6.07) is 5.73. The van der Waals surface area contributed by atoms with Gasteiger partial charge in [-0.05, 0) is 13.3 Å². The van der Waals surface area contributed by atoms with E-state index in [0.717, 1.165) is 43.2 Å². The fourth-order valence-electron chi connectivity index (χ4n) is 3.54. The Balaban J connectivity index is 1.58. The third kappa shape index (κ3) is 5.25. The van der Waals surface area contributed by atoms with Crippen molar-refractivity contribution in [2.75, 3.05) is 58.4 Å². The molecule has 3 rings (SSSR count). The van der Waals surface area contributed by atoms with Crippen LogP contribution in [0.5, 0.6) is 11.5 Å². The van der Waals surface area contributed by atoms with Gasteiger partial charge in [0.05, 0.1) is 33.9 Å². The lowest BCUT2D eigenvalue weighted by Gasteiger charge is -2.21. The number of hydrogen-bond donors (Lipinski definition) is 3. The number of methoxy groups -OCH3 is 2. The van der Waals surface area contributed by atoms with E-state index in [4.69, 9.17) is 9.47 Å². The molecule has 30 heavy (non-hydrogen) atoms. The van der Waals surface area contributed by atoms with Crippen LogP contribution in [0.3, 0.4) is 0 Å². The van der Waals surface area contributed by atoms with Gasteiger partial charge >= 0.3 is 6.03 Å². The fourth-order valence-corrected chi connectivity index (χ4v) is 3.54. The summed E-state index contributed by atoms with van der Waals surface area (Å²) in [5.41, 5.74) is 1.05. The molecule has 1 unspecified atom stereocenters. The predicted molar refractivity (Wildman–Crippen MR) is 114 cm³/mol. The van der Waals surface area contributed by atoms with Crippen molar-refractivity contribution in [1.82, 2.24) is 20.9 Å². The Bertz CT molecular complexity index is 761. The minimum Gasteiger partial charge on any atom is -0.497 e. The number of aliphatic imine (C=N–C) groups is 1. The largest absolute Gasteiger partial charge is 0.497 e. The Labute approximate surface area is 176 Å². The fraction of sp³-hybridized carbons (Fsp3) is 0.550. The quantitative estimate of drug-likeness (QED) is 0.318. The van der Waals surface area contributed by atoms with E-state index in [0.29, 0.717) is 12.5 Å². The summed E-state index contributed by atoms with van der Waals surface area (Å²) in [6.45, 7) is 5.10. The molecule has 0 spiro atoms. The lowest BCUT2D eigenvalue weighted by molar-refractivity contribution is -0.124. The summed E-state index contributed by atoms with van der Waals surface area (Å²) in [6.07, 6.45) is 0.955. The summed E-state index contributed by atoms with van der Waals surface area (Å²) in [5, 5.41) is 9.19. The number of nitrogens with one attached hydrogen (secondary N) is 3. The lowest BCUT2D eigenvalue weighted by Crippen LogP contribution is -2.45. The van der Waals surface area contributed by atoms with Gasteiger partial charge < -0.3 is 30.3 Å². The van der Waals surface area contributed by atoms with E-state index in [9.17, 15) is 9.59 Å². The third-order valence-corrected chi connectivity index (χ3v) is 5.11. The Morgan fingerprint density at radius 1 is 1.23 bits per heavy atom. The summed E-state index contributed by atoms with van der Waals surface area (Å²) in [7, 11) is 3.29. The van der Waals surface area contributed by atoms with E-state index in [2.05, 4.69) is 25.8 Å². The van der Waals surface area contributed by atoms with E-state index in [1.165, 1.54) is 4.90 Å². The molecule has 1 aromatic rings. The van der Waals surface area contributed by atoms with Crippen molar-refractivity contribution in [3.8, 4) is 11.5 Å². The molecule has 2 fully saturated rings. The van der Waals surface area contributed by atoms with E-state index in [-0.39, 0.29) is 31.1 Å². The van der Waals surface area contributed by atoms with Crippen LogP contribution in [0.15, 0.2) is 23.2 Å². The average molecular weight is 418 g/mol. The molecule has 2 aliphatic heterocycles. The SMILES string of the molecule is CCNC(=NCCN1C(=O)CNC1=O)NC1CCN(c2cc(OC)cc(OC)c2)C1. The van der Waals surface area contributed by atoms with Crippen molar-refractivity contribution in [2.24, 2.45) is 4.99 Å². The molecule has 0 bridgehead atoms. The topological polar surface area (TPSA) is 108 Å². The van der Waals surface area contributed by atoms with Crippen molar-refractivity contribution >= 4 is 23.6 Å². The van der Waals surface area contributed by atoms with Gasteiger partial charge in [0.1, 0.15) is 11.5 Å². The van der Waals surface area contributed by atoms with Crippen LogP contribution in [0.25, 0.3) is 0 Å². The first-order chi connectivity index (χ1) is 14.5. The number of hydrogen-bond acceptors (Lipinski definition) is 6. The maximum absolute atomic E-state index is 11.7. The number of urea groups is 1. The van der Waals surface area contributed by atoms with Gasteiger partial charge in [0.25, 0.3) is 0 Å². The van der Waals surface area contributed by atoms with Crippen molar-refractivity contribution in [3.63, 3.8) is 0 Å². The summed E-state index contributed by atoms with van der Waals surface area (Å²) in [4.78, 5) is 31.3. The Hall–Kier alpha value is -3.17. The molecule has 10 nitrogen and oxygen atoms in total. The van der Waals surface area contributed by atoms with E-state index >= 15 is 0 Å². The van der Waals surface area contributed by atoms with Gasteiger partial charge in [0, 0.05) is 49.6 Å². The zero-order valence-corrected chi connectivity index (χ0v) is 17.7. The number of amides is 3. The molecule has 3 N–H and O–H groups in total. The second-order valence-electron chi connectivity index (χ2n) is 7.11. The minimum absolute atomic E-state index is 0.0633. The van der Waals surface area contributed by atoms with Gasteiger partial charge in [-0.15, -0.1) is 0 Å². The van der Waals surface area contributed by atoms with Crippen LogP contribution in [-0.2, 0) is 4.79 Å². The van der Waals surface area contributed by atoms with Gasteiger partial charge in [-0.2, -0.15) is 0 Å². The van der Waals surface area contributed by atoms with Gasteiger partial charge in [0.15, 0.2) is 5.96 Å². The second kappa shape index (κ2) is 10.0. The maximum atomic E-state index is 11.7. The van der Waals surface area contributed by atoms with E-state index in [1.54, 1.807) is 14.2 Å². The molecule has 0 aromatic heterocycles. The highest BCUT2D eigenvalue weighted by molar-refractivity contribution is 6.01. The first-order valence-electron chi connectivity index (χ1n) is 10.1. The molecule has 164 valence electrons. The number of guanidine groups is 1. The van der Waals surface area contributed by atoms with Crippen LogP contribution in [0.1, 0.15) is 13.3 Å². The Kier molecular flexibility index (Phi) is 7.21. The van der Waals surface area contributed by atoms with Crippen molar-refractivity contribution in [2.45, 2.75) is 19.4 Å². The average Bonchev–Trinajstić information content (AvgIpc) is 3.35. The molecule has 2 saturated heterocycles. The van der Waals surface area contributed by atoms with Crippen LogP contribution >= 0.6 is 0 Å². The lowest BCUT2D eigenvalue weighted by atomic mass is 10.2. The molecule has 2 heterocycles. The third-order valence-electron chi connectivity index (χ3n) is 5.11. The van der Waals surface area contributed by atoms with Crippen molar-refractivity contribution in [3.05, 3.63) is 18.2 Å². The highest BCUT2D eigenvalue weighted by atomic mass is 16.5. The monoisotopic (exact) mass is 418 g/mol. The number of anilines is 1. The number of carbonyl (C=O) groups is 2. The first-order valence-corrected chi connectivity index (χ1v) is 10.1. The molecule has 0 radical (unpaired) electrons. The van der Waals surface area contributed by atoms with E-state index in [1.807, 2.05) is 25.1 Å². The molecule has 3 amide bonds. The summed E-state index contributed by atoms with van der Waals surface area (Å²) in [5.74, 6) is 1.99. The number of benzene rings is 1. The molecular weight excluding hydrogens is 388 g/mol. The molecule has 10 heteroatoms. The van der Waals surface area contributed by atoms with Crippen LogP contribution in [0.4, 0.5) is 10.5 Å². The standard InChI is InChI=1S/C20H30N6O4/c1-4-21-19(22-6-8-26-18(27)12-23-20(26)28)24-14-5-7-25(13-14)15-9-16(29-2)11-17(10-15)30-3/h9-11,14H,4-8,12-13H2,1-3H3,(H,23,28)(H2,21,22,24). The van der Waals surface area contributed by atoms with Gasteiger partial charge in [-0.25, -0.2) is 4.79 Å². The van der Waals surface area contributed by atoms with Gasteiger partial charge in [-0.1, -0.05) is 0 Å². The zero-order chi connectivity index (χ0) is 21.5. The van der Waals surface area contributed by atoms with Gasteiger partial charge in [0.2, 0.25) is 5.91 Å². The minimum atomic E-state index is -0.353. The number of carbonyl (C=O) groups excluding carboxylic acids is 2. The summed E-state index contributed by atoms with van der Waals surface area (Å²) >= 11 is 0. The first kappa shape index (κ1) is 21.5. The number of ether oxygens (including phenoxy) is 2. The molecule has 1 atom stereocenters. The van der Waals surface area contributed by atoms with Crippen LogP contribution in [0.2, 0.25) is 0 Å². The van der Waals surface area contributed by atoms with Crippen LogP contribution in [-0.4, -0.2) is 82.3 Å². The molecule has 0 saturated carbocycles. The Morgan fingerprint density at radius 3 is 2.57 bits per heavy atom. The van der Waals surface area contributed by atoms with Crippen LogP contribution in [0, 0.1) is 0 Å². The molecular formula is C20H30N6O4. The number of nitrogens with zero attached hydrogens (tertiary/aromatic N) is 3. The predicted octanol–water partition coefficient (Wildman–Crippen LogP) is 0.389. The zero-order valence-electron chi connectivity index (χ0n) is 17.7. The van der Waals surface area contributed by atoms with Crippen molar-refractivity contribution < 1.29 is 19.1 Å². The maximum Gasteiger partial charge on any atom is 0.324 e. The summed E-state index contributed by atoms with van der Waals surface area (Å²) < 4.78 is 10.7.